The number of carbonyl (C=O) groups is 2. The number of hydrogen-bond acceptors (Lipinski definition) is 4. The summed E-state index contributed by atoms with van der Waals surface area (Å²) in [5, 5.41) is 0. The Kier molecular flexibility index (Phi) is 11.1. The van der Waals surface area contributed by atoms with Crippen molar-refractivity contribution < 1.29 is 19.1 Å². The Balaban J connectivity index is 3.85. The summed E-state index contributed by atoms with van der Waals surface area (Å²) in [6, 6.07) is 0. The molecule has 0 amide bonds. The van der Waals surface area contributed by atoms with Crippen LogP contribution in [0.1, 0.15) is 79.1 Å². The second-order valence-electron chi connectivity index (χ2n) is 5.47. The first-order chi connectivity index (χ1) is 9.47. The topological polar surface area (TPSA) is 52.6 Å². The van der Waals surface area contributed by atoms with Crippen molar-refractivity contribution in [3.8, 4) is 0 Å². The molecule has 4 heteroatoms. The predicted molar refractivity (Wildman–Crippen MR) is 79.1 cm³/mol. The maximum Gasteiger partial charge on any atom is 0.305 e. The van der Waals surface area contributed by atoms with Crippen LogP contribution >= 0.6 is 0 Å². The minimum Gasteiger partial charge on any atom is -0.425 e. The van der Waals surface area contributed by atoms with Gasteiger partial charge in [0.2, 0.25) is 6.29 Å². The van der Waals surface area contributed by atoms with Gasteiger partial charge in [0.25, 0.3) is 0 Å². The third-order valence-corrected chi connectivity index (χ3v) is 3.29. The van der Waals surface area contributed by atoms with Gasteiger partial charge in [-0.25, -0.2) is 0 Å². The highest BCUT2D eigenvalue weighted by molar-refractivity contribution is 5.68. The molecule has 0 bridgehead atoms. The zero-order chi connectivity index (χ0) is 15.4. The van der Waals surface area contributed by atoms with Gasteiger partial charge in [0.05, 0.1) is 0 Å². The molecule has 0 aliphatic heterocycles. The highest BCUT2D eigenvalue weighted by Crippen LogP contribution is 2.18. The molecular formula is C16H30O4. The van der Waals surface area contributed by atoms with E-state index in [4.69, 9.17) is 9.47 Å². The van der Waals surface area contributed by atoms with E-state index in [1.165, 1.54) is 52.4 Å². The van der Waals surface area contributed by atoms with Crippen molar-refractivity contribution in [1.29, 1.82) is 0 Å². The Labute approximate surface area is 123 Å². The Morgan fingerprint density at radius 1 is 0.850 bits per heavy atom. The van der Waals surface area contributed by atoms with Gasteiger partial charge in [0, 0.05) is 19.8 Å². The van der Waals surface area contributed by atoms with Crippen molar-refractivity contribution in [1.82, 2.24) is 0 Å². The largest absolute Gasteiger partial charge is 0.425 e. The van der Waals surface area contributed by atoms with Crippen molar-refractivity contribution in [2.45, 2.75) is 85.4 Å². The van der Waals surface area contributed by atoms with Crippen LogP contribution in [0.4, 0.5) is 0 Å². The van der Waals surface area contributed by atoms with E-state index < -0.39 is 18.2 Å². The summed E-state index contributed by atoms with van der Waals surface area (Å²) in [5.41, 5.74) is 0. The van der Waals surface area contributed by atoms with Crippen molar-refractivity contribution >= 4 is 11.9 Å². The van der Waals surface area contributed by atoms with Crippen LogP contribution in [-0.2, 0) is 19.1 Å². The van der Waals surface area contributed by atoms with Crippen molar-refractivity contribution in [2.75, 3.05) is 0 Å². The van der Waals surface area contributed by atoms with Gasteiger partial charge in [0.1, 0.15) is 0 Å². The van der Waals surface area contributed by atoms with Gasteiger partial charge in [-0.05, 0) is 6.42 Å². The molecule has 0 aliphatic carbocycles. The number of carbonyl (C=O) groups excluding carboxylic acids is 2. The molecule has 0 heterocycles. The van der Waals surface area contributed by atoms with Crippen LogP contribution in [0.15, 0.2) is 0 Å². The molecule has 0 aromatic heterocycles. The van der Waals surface area contributed by atoms with Gasteiger partial charge in [-0.1, -0.05) is 58.8 Å². The Hall–Kier alpha value is -1.06. The summed E-state index contributed by atoms with van der Waals surface area (Å²) < 4.78 is 10.1. The monoisotopic (exact) mass is 286 g/mol. The second kappa shape index (κ2) is 11.7. The van der Waals surface area contributed by atoms with Gasteiger partial charge in [-0.15, -0.1) is 0 Å². The van der Waals surface area contributed by atoms with E-state index >= 15 is 0 Å². The van der Waals surface area contributed by atoms with Crippen molar-refractivity contribution in [2.24, 2.45) is 5.92 Å². The summed E-state index contributed by atoms with van der Waals surface area (Å²) in [6.45, 7) is 6.83. The van der Waals surface area contributed by atoms with Gasteiger partial charge in [-0.2, -0.15) is 0 Å². The molecule has 0 aromatic rings. The molecule has 0 spiro atoms. The lowest BCUT2D eigenvalue weighted by molar-refractivity contribution is -0.194. The normalized spacial score (nSPS) is 12.2. The van der Waals surface area contributed by atoms with E-state index in [9.17, 15) is 9.59 Å². The van der Waals surface area contributed by atoms with Crippen molar-refractivity contribution in [3.05, 3.63) is 0 Å². The van der Waals surface area contributed by atoms with Crippen LogP contribution in [0.25, 0.3) is 0 Å². The van der Waals surface area contributed by atoms with E-state index in [1.54, 1.807) is 0 Å². The molecule has 118 valence electrons. The zero-order valence-corrected chi connectivity index (χ0v) is 13.4. The first kappa shape index (κ1) is 18.9. The molecule has 0 rings (SSSR count). The molecular weight excluding hydrogens is 256 g/mol. The SMILES string of the molecule is CCCCCCCCCC(C)C(OC(C)=O)OC(C)=O. The Morgan fingerprint density at radius 3 is 1.75 bits per heavy atom. The first-order valence-electron chi connectivity index (χ1n) is 7.81. The van der Waals surface area contributed by atoms with E-state index in [1.807, 2.05) is 6.92 Å². The lowest BCUT2D eigenvalue weighted by Gasteiger charge is -2.22. The fraction of sp³-hybridized carbons (Fsp3) is 0.875. The smallest absolute Gasteiger partial charge is 0.305 e. The number of unbranched alkanes of at least 4 members (excludes halogenated alkanes) is 6. The highest BCUT2D eigenvalue weighted by Gasteiger charge is 2.22. The lowest BCUT2D eigenvalue weighted by atomic mass is 10.0. The van der Waals surface area contributed by atoms with Crippen LogP contribution in [-0.4, -0.2) is 18.2 Å². The summed E-state index contributed by atoms with van der Waals surface area (Å²) in [5.74, 6) is -0.788. The number of esters is 2. The third-order valence-electron chi connectivity index (χ3n) is 3.29. The fourth-order valence-corrected chi connectivity index (χ4v) is 2.14. The molecule has 0 N–H and O–H groups in total. The number of rotatable bonds is 11. The lowest BCUT2D eigenvalue weighted by Crippen LogP contribution is -2.29. The molecule has 1 unspecified atom stereocenters. The number of ether oxygens (including phenoxy) is 2. The average molecular weight is 286 g/mol. The van der Waals surface area contributed by atoms with Gasteiger partial charge < -0.3 is 9.47 Å². The summed E-state index contributed by atoms with van der Waals surface area (Å²) in [4.78, 5) is 22.0. The zero-order valence-electron chi connectivity index (χ0n) is 13.4. The van der Waals surface area contributed by atoms with Crippen LogP contribution in [0.3, 0.4) is 0 Å². The van der Waals surface area contributed by atoms with E-state index in [-0.39, 0.29) is 5.92 Å². The van der Waals surface area contributed by atoms with Crippen LogP contribution in [0.2, 0.25) is 0 Å². The molecule has 4 nitrogen and oxygen atoms in total. The average Bonchev–Trinajstić information content (AvgIpc) is 2.35. The molecule has 0 aliphatic rings. The van der Waals surface area contributed by atoms with Gasteiger partial charge in [-0.3, -0.25) is 9.59 Å². The first-order valence-corrected chi connectivity index (χ1v) is 7.81. The molecule has 0 fully saturated rings. The molecule has 20 heavy (non-hydrogen) atoms. The molecule has 0 saturated carbocycles. The highest BCUT2D eigenvalue weighted by atomic mass is 16.7. The minimum atomic E-state index is -0.745. The second-order valence-corrected chi connectivity index (χ2v) is 5.47. The minimum absolute atomic E-state index is 0.0402. The van der Waals surface area contributed by atoms with Crippen LogP contribution < -0.4 is 0 Å². The standard InChI is InChI=1S/C16H30O4/c1-5-6-7-8-9-10-11-12-13(2)16(19-14(3)17)20-15(4)18/h13,16H,5-12H2,1-4H3. The van der Waals surface area contributed by atoms with Gasteiger partial charge >= 0.3 is 11.9 Å². The van der Waals surface area contributed by atoms with Crippen LogP contribution in [0.5, 0.6) is 0 Å². The van der Waals surface area contributed by atoms with E-state index in [2.05, 4.69) is 6.92 Å². The summed E-state index contributed by atoms with van der Waals surface area (Å²) in [6.07, 6.45) is 8.85. The summed E-state index contributed by atoms with van der Waals surface area (Å²) >= 11 is 0. The van der Waals surface area contributed by atoms with E-state index in [0.717, 1.165) is 12.8 Å². The molecule has 0 saturated heterocycles. The molecule has 1 atom stereocenters. The van der Waals surface area contributed by atoms with E-state index in [0.29, 0.717) is 0 Å². The third kappa shape index (κ3) is 10.8. The number of hydrogen-bond donors (Lipinski definition) is 0. The predicted octanol–water partition coefficient (Wildman–Crippen LogP) is 4.22. The van der Waals surface area contributed by atoms with Gasteiger partial charge in [0.15, 0.2) is 0 Å². The Bertz CT molecular complexity index is 260. The fourth-order valence-electron chi connectivity index (χ4n) is 2.14. The van der Waals surface area contributed by atoms with Crippen molar-refractivity contribution in [3.63, 3.8) is 0 Å². The molecule has 0 aromatic carbocycles. The Morgan fingerprint density at radius 2 is 1.30 bits per heavy atom. The maximum atomic E-state index is 11.0. The summed E-state index contributed by atoms with van der Waals surface area (Å²) in [7, 11) is 0. The quantitative estimate of drug-likeness (QED) is 0.324. The maximum absolute atomic E-state index is 11.0. The molecule has 0 radical (unpaired) electrons. The van der Waals surface area contributed by atoms with Crippen LogP contribution in [0, 0.1) is 5.92 Å².